The highest BCUT2D eigenvalue weighted by atomic mass is 16.2. The highest BCUT2D eigenvalue weighted by Gasteiger charge is 2.44. The largest absolute Gasteiger partial charge is 0.342 e. The molecule has 4 nitrogen and oxygen atoms in total. The summed E-state index contributed by atoms with van der Waals surface area (Å²) in [4.78, 5) is 29.0. The maximum atomic E-state index is 13.0. The van der Waals surface area contributed by atoms with E-state index in [4.69, 9.17) is 0 Å². The monoisotopic (exact) mass is 314 g/mol. The molecule has 2 aliphatic rings. The van der Waals surface area contributed by atoms with Crippen LogP contribution in [0.15, 0.2) is 24.3 Å². The Morgan fingerprint density at radius 1 is 1.22 bits per heavy atom. The first-order chi connectivity index (χ1) is 11.0. The van der Waals surface area contributed by atoms with Gasteiger partial charge in [0.15, 0.2) is 0 Å². The van der Waals surface area contributed by atoms with Crippen molar-refractivity contribution in [1.29, 1.82) is 0 Å². The standard InChI is InChI=1S/C19H26N2O2/c1-13-6-8-15(9-7-13)18-16(11-17(22)20(18)3)19(23)21-10-4-5-14(2)12-21/h6-9,14,16,18H,4-5,10-12H2,1-3H3/t14-,16+,18+/m0/s1. The Morgan fingerprint density at radius 3 is 2.57 bits per heavy atom. The number of carbonyl (C=O) groups is 2. The van der Waals surface area contributed by atoms with E-state index in [0.717, 1.165) is 25.1 Å². The van der Waals surface area contributed by atoms with Crippen LogP contribution >= 0.6 is 0 Å². The normalized spacial score (nSPS) is 28.3. The van der Waals surface area contributed by atoms with Gasteiger partial charge in [-0.15, -0.1) is 0 Å². The summed E-state index contributed by atoms with van der Waals surface area (Å²) in [6, 6.07) is 8.07. The molecule has 2 heterocycles. The highest BCUT2D eigenvalue weighted by Crippen LogP contribution is 2.38. The van der Waals surface area contributed by atoms with Crippen LogP contribution in [0.3, 0.4) is 0 Å². The van der Waals surface area contributed by atoms with Crippen molar-refractivity contribution >= 4 is 11.8 Å². The van der Waals surface area contributed by atoms with Crippen molar-refractivity contribution in [3.05, 3.63) is 35.4 Å². The van der Waals surface area contributed by atoms with E-state index in [-0.39, 0.29) is 23.8 Å². The molecular formula is C19H26N2O2. The van der Waals surface area contributed by atoms with Crippen LogP contribution in [0, 0.1) is 18.8 Å². The third-order valence-electron chi connectivity index (χ3n) is 5.29. The van der Waals surface area contributed by atoms with E-state index in [9.17, 15) is 9.59 Å². The second-order valence-electron chi connectivity index (χ2n) is 7.20. The molecule has 2 amide bonds. The fourth-order valence-corrected chi connectivity index (χ4v) is 3.93. The van der Waals surface area contributed by atoms with Crippen molar-refractivity contribution in [2.75, 3.05) is 20.1 Å². The van der Waals surface area contributed by atoms with E-state index < -0.39 is 0 Å². The molecule has 2 fully saturated rings. The Balaban J connectivity index is 1.85. The molecule has 1 aromatic rings. The fraction of sp³-hybridized carbons (Fsp3) is 0.579. The number of rotatable bonds is 2. The fourth-order valence-electron chi connectivity index (χ4n) is 3.93. The van der Waals surface area contributed by atoms with E-state index in [1.165, 1.54) is 12.0 Å². The average molecular weight is 314 g/mol. The Labute approximate surface area is 138 Å². The highest BCUT2D eigenvalue weighted by molar-refractivity contribution is 5.90. The summed E-state index contributed by atoms with van der Waals surface area (Å²) >= 11 is 0. The molecule has 4 heteroatoms. The number of hydrogen-bond acceptors (Lipinski definition) is 2. The molecule has 0 radical (unpaired) electrons. The van der Waals surface area contributed by atoms with E-state index in [1.807, 2.05) is 31.0 Å². The maximum absolute atomic E-state index is 13.0. The molecular weight excluding hydrogens is 288 g/mol. The van der Waals surface area contributed by atoms with Crippen molar-refractivity contribution in [2.24, 2.45) is 11.8 Å². The van der Waals surface area contributed by atoms with Gasteiger partial charge < -0.3 is 9.80 Å². The van der Waals surface area contributed by atoms with Gasteiger partial charge in [-0.05, 0) is 31.2 Å². The molecule has 3 rings (SSSR count). The predicted octanol–water partition coefficient (Wildman–Crippen LogP) is 2.77. The second kappa shape index (κ2) is 6.34. The molecule has 3 atom stereocenters. The Hall–Kier alpha value is -1.84. The van der Waals surface area contributed by atoms with Gasteiger partial charge in [0.2, 0.25) is 11.8 Å². The first kappa shape index (κ1) is 16.0. The van der Waals surface area contributed by atoms with Crippen molar-refractivity contribution in [2.45, 2.75) is 39.2 Å². The Kier molecular flexibility index (Phi) is 4.42. The summed E-state index contributed by atoms with van der Waals surface area (Å²) < 4.78 is 0. The van der Waals surface area contributed by atoms with E-state index in [1.54, 1.807) is 4.90 Å². The molecule has 2 saturated heterocycles. The lowest BCUT2D eigenvalue weighted by molar-refractivity contribution is -0.138. The lowest BCUT2D eigenvalue weighted by atomic mass is 9.90. The van der Waals surface area contributed by atoms with Gasteiger partial charge in [-0.3, -0.25) is 9.59 Å². The van der Waals surface area contributed by atoms with Gasteiger partial charge in [-0.1, -0.05) is 36.8 Å². The third kappa shape index (κ3) is 3.12. The zero-order valence-electron chi connectivity index (χ0n) is 14.3. The van der Waals surface area contributed by atoms with Crippen LogP contribution < -0.4 is 0 Å². The van der Waals surface area contributed by atoms with Crippen LogP contribution in [0.2, 0.25) is 0 Å². The number of hydrogen-bond donors (Lipinski definition) is 0. The van der Waals surface area contributed by atoms with Gasteiger partial charge in [0.25, 0.3) is 0 Å². The number of likely N-dealkylation sites (tertiary alicyclic amines) is 2. The van der Waals surface area contributed by atoms with Gasteiger partial charge in [-0.25, -0.2) is 0 Å². The number of aryl methyl sites for hydroxylation is 1. The van der Waals surface area contributed by atoms with Crippen LogP contribution in [0.5, 0.6) is 0 Å². The number of amides is 2. The van der Waals surface area contributed by atoms with Gasteiger partial charge in [0.05, 0.1) is 12.0 Å². The van der Waals surface area contributed by atoms with E-state index in [2.05, 4.69) is 19.1 Å². The zero-order valence-corrected chi connectivity index (χ0v) is 14.3. The number of carbonyl (C=O) groups excluding carboxylic acids is 2. The van der Waals surface area contributed by atoms with Crippen molar-refractivity contribution in [3.63, 3.8) is 0 Å². The summed E-state index contributed by atoms with van der Waals surface area (Å²) in [7, 11) is 1.82. The summed E-state index contributed by atoms with van der Waals surface area (Å²) in [5.74, 6) is 0.527. The Bertz CT molecular complexity index is 596. The molecule has 124 valence electrons. The van der Waals surface area contributed by atoms with E-state index in [0.29, 0.717) is 12.3 Å². The summed E-state index contributed by atoms with van der Waals surface area (Å²) in [6.45, 7) is 5.90. The van der Waals surface area contributed by atoms with Crippen LogP contribution in [-0.4, -0.2) is 41.8 Å². The number of benzene rings is 1. The molecule has 0 saturated carbocycles. The van der Waals surface area contributed by atoms with Crippen LogP contribution in [0.4, 0.5) is 0 Å². The minimum atomic E-state index is -0.250. The average Bonchev–Trinajstić information content (AvgIpc) is 2.83. The molecule has 0 bridgehead atoms. The number of nitrogens with zero attached hydrogens (tertiary/aromatic N) is 2. The molecule has 1 aromatic carbocycles. The van der Waals surface area contributed by atoms with Crippen molar-refractivity contribution in [1.82, 2.24) is 9.80 Å². The molecule has 0 N–H and O–H groups in total. The maximum Gasteiger partial charge on any atom is 0.228 e. The van der Waals surface area contributed by atoms with Crippen LogP contribution in [0.1, 0.15) is 43.4 Å². The summed E-state index contributed by atoms with van der Waals surface area (Å²) in [5.41, 5.74) is 2.25. The second-order valence-corrected chi connectivity index (χ2v) is 7.20. The van der Waals surface area contributed by atoms with Crippen LogP contribution in [0.25, 0.3) is 0 Å². The topological polar surface area (TPSA) is 40.6 Å². The molecule has 0 spiro atoms. The summed E-state index contributed by atoms with van der Waals surface area (Å²) in [6.07, 6.45) is 2.59. The summed E-state index contributed by atoms with van der Waals surface area (Å²) in [5, 5.41) is 0. The van der Waals surface area contributed by atoms with E-state index >= 15 is 0 Å². The smallest absolute Gasteiger partial charge is 0.228 e. The third-order valence-corrected chi connectivity index (χ3v) is 5.29. The molecule has 0 aromatic heterocycles. The molecule has 23 heavy (non-hydrogen) atoms. The predicted molar refractivity (Wildman–Crippen MR) is 89.8 cm³/mol. The van der Waals surface area contributed by atoms with Crippen molar-refractivity contribution < 1.29 is 9.59 Å². The lowest BCUT2D eigenvalue weighted by Crippen LogP contribution is -2.43. The first-order valence-electron chi connectivity index (χ1n) is 8.58. The zero-order chi connectivity index (χ0) is 16.6. The van der Waals surface area contributed by atoms with Crippen LogP contribution in [-0.2, 0) is 9.59 Å². The minimum Gasteiger partial charge on any atom is -0.342 e. The molecule has 0 unspecified atom stereocenters. The first-order valence-corrected chi connectivity index (χ1v) is 8.58. The minimum absolute atomic E-state index is 0.0685. The van der Waals surface area contributed by atoms with Gasteiger partial charge in [0, 0.05) is 26.6 Å². The van der Waals surface area contributed by atoms with Gasteiger partial charge >= 0.3 is 0 Å². The Morgan fingerprint density at radius 2 is 1.91 bits per heavy atom. The van der Waals surface area contributed by atoms with Gasteiger partial charge in [0.1, 0.15) is 0 Å². The number of piperidine rings is 1. The SMILES string of the molecule is Cc1ccc([C@@H]2[C@H](C(=O)N3CCC[C@H](C)C3)CC(=O)N2C)cc1. The van der Waals surface area contributed by atoms with Crippen molar-refractivity contribution in [3.8, 4) is 0 Å². The molecule has 2 aliphatic heterocycles. The molecule has 0 aliphatic carbocycles. The van der Waals surface area contributed by atoms with Gasteiger partial charge in [-0.2, -0.15) is 0 Å². The lowest BCUT2D eigenvalue weighted by Gasteiger charge is -2.34. The quantitative estimate of drug-likeness (QED) is 0.842.